The van der Waals surface area contributed by atoms with Crippen molar-refractivity contribution in [3.8, 4) is 0 Å². The van der Waals surface area contributed by atoms with Crippen LogP contribution in [0.5, 0.6) is 0 Å². The highest BCUT2D eigenvalue weighted by Gasteiger charge is 2.40. The summed E-state index contributed by atoms with van der Waals surface area (Å²) in [6.45, 7) is 4.68. The molecule has 1 aromatic heterocycles. The first-order valence-electron chi connectivity index (χ1n) is 9.25. The number of nitrogens with one attached hydrogen (secondary N) is 2. The number of aromatic amines is 1. The maximum absolute atomic E-state index is 12.0. The molecule has 0 bridgehead atoms. The lowest BCUT2D eigenvalue weighted by molar-refractivity contribution is -0.135. The predicted octanol–water partition coefficient (Wildman–Crippen LogP) is 2.78. The number of piperidine rings is 1. The maximum Gasteiger partial charge on any atom is 0.323 e. The van der Waals surface area contributed by atoms with E-state index in [9.17, 15) is 14.7 Å². The summed E-state index contributed by atoms with van der Waals surface area (Å²) in [6.07, 6.45) is 2.36. The van der Waals surface area contributed by atoms with Crippen LogP contribution in [0.25, 0.3) is 10.9 Å². The van der Waals surface area contributed by atoms with Crippen LogP contribution in [-0.2, 0) is 4.79 Å². The minimum atomic E-state index is -1.07. The van der Waals surface area contributed by atoms with Crippen molar-refractivity contribution in [1.82, 2.24) is 20.4 Å². The highest BCUT2D eigenvalue weighted by molar-refractivity contribution is 6.31. The van der Waals surface area contributed by atoms with Crippen LogP contribution in [0.3, 0.4) is 0 Å². The molecule has 0 saturated carbocycles. The Hall–Kier alpha value is -2.32. The molecule has 9 heteroatoms. The quantitative estimate of drug-likeness (QED) is 0.606. The van der Waals surface area contributed by atoms with E-state index in [1.165, 1.54) is 0 Å². The molecular weight excluding hydrogens is 384 g/mol. The molecule has 4 N–H and O–H groups in total. The third kappa shape index (κ3) is 4.07. The van der Waals surface area contributed by atoms with Gasteiger partial charge in [0.15, 0.2) is 0 Å². The van der Waals surface area contributed by atoms with Crippen LogP contribution in [0.4, 0.5) is 4.79 Å². The number of hydrogen-bond donors (Lipinski definition) is 4. The molecule has 2 heterocycles. The third-order valence-corrected chi connectivity index (χ3v) is 5.99. The van der Waals surface area contributed by atoms with Crippen molar-refractivity contribution in [2.75, 3.05) is 19.6 Å². The van der Waals surface area contributed by atoms with E-state index in [-0.39, 0.29) is 11.9 Å². The average molecular weight is 409 g/mol. The summed E-state index contributed by atoms with van der Waals surface area (Å²) in [6, 6.07) is 3.20. The molecule has 1 aromatic carbocycles. The molecule has 2 amide bonds. The van der Waals surface area contributed by atoms with E-state index >= 15 is 0 Å². The number of amides is 2. The maximum atomic E-state index is 12.0. The summed E-state index contributed by atoms with van der Waals surface area (Å²) in [7, 11) is 0. The number of aliphatic hydroxyl groups excluding tert-OH is 1. The molecule has 8 nitrogen and oxygen atoms in total. The molecule has 0 aliphatic carbocycles. The number of H-pyrrole nitrogens is 1. The Morgan fingerprint density at radius 3 is 2.71 bits per heavy atom. The zero-order valence-corrected chi connectivity index (χ0v) is 16.7. The molecule has 0 radical (unpaired) electrons. The second kappa shape index (κ2) is 7.97. The normalized spacial score (nSPS) is 16.9. The van der Waals surface area contributed by atoms with Gasteiger partial charge in [-0.3, -0.25) is 9.89 Å². The van der Waals surface area contributed by atoms with Crippen LogP contribution < -0.4 is 5.32 Å². The van der Waals surface area contributed by atoms with Crippen molar-refractivity contribution in [3.05, 3.63) is 28.9 Å². The van der Waals surface area contributed by atoms with E-state index in [0.717, 1.165) is 23.7 Å². The third-order valence-electron chi connectivity index (χ3n) is 5.77. The van der Waals surface area contributed by atoms with Crippen molar-refractivity contribution < 1.29 is 19.8 Å². The Morgan fingerprint density at radius 1 is 1.39 bits per heavy atom. The number of carbonyl (C=O) groups is 2. The van der Waals surface area contributed by atoms with Crippen LogP contribution in [0.15, 0.2) is 18.3 Å². The van der Waals surface area contributed by atoms with Gasteiger partial charge in [0.05, 0.1) is 17.8 Å². The van der Waals surface area contributed by atoms with Gasteiger partial charge < -0.3 is 20.4 Å². The Morgan fingerprint density at radius 2 is 2.07 bits per heavy atom. The number of likely N-dealkylation sites (tertiary alicyclic amines) is 1. The van der Waals surface area contributed by atoms with E-state index in [1.807, 2.05) is 13.8 Å². The second-order valence-corrected chi connectivity index (χ2v) is 8.30. The molecule has 1 aliphatic heterocycles. The molecule has 1 fully saturated rings. The number of benzene rings is 1. The standard InChI is InChI=1S/C19H25ClN4O4/c1-19(2,12-3-5-24(6-4-12)18(28)21-10-15(25)26)17(27)14-8-13(20)7-11-9-22-23-16(11)14/h7-9,12,17,27H,3-6,10H2,1-2H3,(H,21,28)(H,22,23)(H,25,26)/t17-/m1/s1. The van der Waals surface area contributed by atoms with Crippen molar-refractivity contribution >= 4 is 34.5 Å². The minimum Gasteiger partial charge on any atom is -0.480 e. The van der Waals surface area contributed by atoms with Gasteiger partial charge in [-0.1, -0.05) is 25.4 Å². The largest absolute Gasteiger partial charge is 0.480 e. The molecule has 0 unspecified atom stereocenters. The van der Waals surface area contributed by atoms with Crippen LogP contribution >= 0.6 is 11.6 Å². The summed E-state index contributed by atoms with van der Waals surface area (Å²) in [5, 5.41) is 30.7. The lowest BCUT2D eigenvalue weighted by atomic mass is 9.68. The van der Waals surface area contributed by atoms with E-state index in [2.05, 4.69) is 15.5 Å². The van der Waals surface area contributed by atoms with Crippen molar-refractivity contribution in [1.29, 1.82) is 0 Å². The predicted molar refractivity (Wildman–Crippen MR) is 105 cm³/mol. The van der Waals surface area contributed by atoms with Crippen LogP contribution in [0, 0.1) is 11.3 Å². The van der Waals surface area contributed by atoms with Gasteiger partial charge in [0, 0.05) is 29.1 Å². The fourth-order valence-electron chi connectivity index (χ4n) is 3.98. The molecule has 1 saturated heterocycles. The molecule has 1 atom stereocenters. The fourth-order valence-corrected chi connectivity index (χ4v) is 4.21. The number of aromatic nitrogens is 2. The number of fused-ring (bicyclic) bond motifs is 1. The SMILES string of the molecule is CC(C)(C1CCN(C(=O)NCC(=O)O)CC1)[C@H](O)c1cc(Cl)cc2cn[nH]c12. The van der Waals surface area contributed by atoms with E-state index in [0.29, 0.717) is 23.7 Å². The molecule has 28 heavy (non-hydrogen) atoms. The Balaban J connectivity index is 1.70. The number of halogens is 1. The molecule has 152 valence electrons. The monoisotopic (exact) mass is 408 g/mol. The first kappa shape index (κ1) is 20.4. The van der Waals surface area contributed by atoms with Gasteiger partial charge in [0.2, 0.25) is 0 Å². The summed E-state index contributed by atoms with van der Waals surface area (Å²) in [5.41, 5.74) is 1.04. The number of nitrogens with zero attached hydrogens (tertiary/aromatic N) is 2. The smallest absolute Gasteiger partial charge is 0.323 e. The number of aliphatic hydroxyl groups is 1. The molecule has 3 rings (SSSR count). The zero-order chi connectivity index (χ0) is 20.5. The number of rotatable bonds is 5. The van der Waals surface area contributed by atoms with Gasteiger partial charge in [0.1, 0.15) is 6.54 Å². The number of carboxylic acids is 1. The van der Waals surface area contributed by atoms with Gasteiger partial charge in [-0.15, -0.1) is 0 Å². The first-order chi connectivity index (χ1) is 13.2. The number of aliphatic carboxylic acids is 1. The van der Waals surface area contributed by atoms with Crippen molar-refractivity contribution in [2.24, 2.45) is 11.3 Å². The zero-order valence-electron chi connectivity index (χ0n) is 15.9. The summed E-state index contributed by atoms with van der Waals surface area (Å²) in [5.74, 6) is -0.887. The van der Waals surface area contributed by atoms with E-state index in [4.69, 9.17) is 16.7 Å². The fraction of sp³-hybridized carbons (Fsp3) is 0.526. The number of carbonyl (C=O) groups excluding carboxylic acids is 1. The van der Waals surface area contributed by atoms with Gasteiger partial charge in [0.25, 0.3) is 0 Å². The lowest BCUT2D eigenvalue weighted by Gasteiger charge is -2.43. The van der Waals surface area contributed by atoms with Gasteiger partial charge >= 0.3 is 12.0 Å². The number of urea groups is 1. The Labute approximate surface area is 167 Å². The van der Waals surface area contributed by atoms with Crippen molar-refractivity contribution in [2.45, 2.75) is 32.8 Å². The lowest BCUT2D eigenvalue weighted by Crippen LogP contribution is -2.48. The summed E-state index contributed by atoms with van der Waals surface area (Å²) in [4.78, 5) is 24.3. The molecule has 0 spiro atoms. The van der Waals surface area contributed by atoms with Crippen LogP contribution in [-0.4, -0.2) is 56.9 Å². The van der Waals surface area contributed by atoms with Gasteiger partial charge in [-0.05, 0) is 36.3 Å². The topological polar surface area (TPSA) is 119 Å². The number of carboxylic acid groups (broad SMARTS) is 1. The van der Waals surface area contributed by atoms with E-state index in [1.54, 1.807) is 23.2 Å². The Bertz CT molecular complexity index is 874. The van der Waals surface area contributed by atoms with Crippen molar-refractivity contribution in [3.63, 3.8) is 0 Å². The van der Waals surface area contributed by atoms with Crippen LogP contribution in [0.2, 0.25) is 5.02 Å². The second-order valence-electron chi connectivity index (χ2n) is 7.87. The van der Waals surface area contributed by atoms with E-state index < -0.39 is 24.0 Å². The first-order valence-corrected chi connectivity index (χ1v) is 9.63. The highest BCUT2D eigenvalue weighted by Crippen LogP contribution is 2.46. The molecule has 2 aromatic rings. The minimum absolute atomic E-state index is 0.183. The number of hydrogen-bond acceptors (Lipinski definition) is 4. The highest BCUT2D eigenvalue weighted by atomic mass is 35.5. The molecule has 1 aliphatic rings. The molecular formula is C19H25ClN4O4. The van der Waals surface area contributed by atoms with Gasteiger partial charge in [-0.2, -0.15) is 5.10 Å². The van der Waals surface area contributed by atoms with Gasteiger partial charge in [-0.25, -0.2) is 4.79 Å². The van der Waals surface area contributed by atoms with Crippen LogP contribution in [0.1, 0.15) is 38.4 Å². The average Bonchev–Trinajstić information content (AvgIpc) is 3.13. The summed E-state index contributed by atoms with van der Waals surface area (Å²) < 4.78 is 0. The summed E-state index contributed by atoms with van der Waals surface area (Å²) >= 11 is 6.22. The Kier molecular flexibility index (Phi) is 5.81.